The van der Waals surface area contributed by atoms with E-state index >= 15 is 0 Å². The zero-order valence-corrected chi connectivity index (χ0v) is 18.0. The summed E-state index contributed by atoms with van der Waals surface area (Å²) in [6.07, 6.45) is 4.92. The van der Waals surface area contributed by atoms with Crippen LogP contribution in [0.4, 0.5) is 11.6 Å². The second-order valence-corrected chi connectivity index (χ2v) is 8.01. The van der Waals surface area contributed by atoms with Crippen molar-refractivity contribution in [2.75, 3.05) is 49.6 Å². The second kappa shape index (κ2) is 9.32. The number of hydrogen-bond donors (Lipinski definition) is 0. The number of nitrogens with zero attached hydrogens (tertiary/aromatic N) is 5. The van der Waals surface area contributed by atoms with E-state index < -0.39 is 0 Å². The number of anilines is 2. The molecule has 2 fully saturated rings. The Morgan fingerprint density at radius 3 is 2.30 bits per heavy atom. The lowest BCUT2D eigenvalue weighted by Crippen LogP contribution is -2.49. The van der Waals surface area contributed by atoms with Crippen molar-refractivity contribution in [2.24, 2.45) is 0 Å². The number of aromatic nitrogens is 2. The van der Waals surface area contributed by atoms with Gasteiger partial charge in [-0.2, -0.15) is 0 Å². The topological polar surface area (TPSA) is 61.8 Å². The maximum Gasteiger partial charge on any atom is 0.253 e. The average Bonchev–Trinajstić information content (AvgIpc) is 2.84. The highest BCUT2D eigenvalue weighted by Gasteiger charge is 2.25. The van der Waals surface area contributed by atoms with E-state index in [0.29, 0.717) is 24.7 Å². The van der Waals surface area contributed by atoms with Crippen molar-refractivity contribution in [1.29, 1.82) is 0 Å². The fourth-order valence-electron chi connectivity index (χ4n) is 4.42. The lowest BCUT2D eigenvalue weighted by atomic mass is 10.0. The Hall–Kier alpha value is -2.83. The monoisotopic (exact) mass is 409 g/mol. The summed E-state index contributed by atoms with van der Waals surface area (Å²) >= 11 is 0. The molecule has 0 saturated carbocycles. The molecule has 2 aliphatic rings. The average molecular weight is 410 g/mol. The van der Waals surface area contributed by atoms with E-state index in [2.05, 4.69) is 39.1 Å². The molecule has 3 heterocycles. The molecule has 7 heteroatoms. The zero-order chi connectivity index (χ0) is 20.9. The Labute approximate surface area is 178 Å². The third kappa shape index (κ3) is 4.35. The van der Waals surface area contributed by atoms with Crippen LogP contribution >= 0.6 is 0 Å². The third-order valence-electron chi connectivity index (χ3n) is 6.26. The molecule has 1 unspecified atom stereocenters. The SMILES string of the molecule is CCC1CCCCN1c1ccc(N2CCN(C(=O)c3ccc(OC)cc3)CC2)nn1. The highest BCUT2D eigenvalue weighted by Crippen LogP contribution is 2.25. The molecule has 1 aromatic heterocycles. The Morgan fingerprint density at radius 1 is 0.967 bits per heavy atom. The van der Waals surface area contributed by atoms with Gasteiger partial charge in [0.25, 0.3) is 5.91 Å². The molecule has 0 N–H and O–H groups in total. The summed E-state index contributed by atoms with van der Waals surface area (Å²) in [5.74, 6) is 2.70. The molecule has 0 spiro atoms. The Kier molecular flexibility index (Phi) is 6.35. The van der Waals surface area contributed by atoms with Gasteiger partial charge in [0, 0.05) is 44.3 Å². The number of piperidine rings is 1. The number of carbonyl (C=O) groups excluding carboxylic acids is 1. The van der Waals surface area contributed by atoms with Crippen molar-refractivity contribution in [3.8, 4) is 5.75 Å². The summed E-state index contributed by atoms with van der Waals surface area (Å²) in [6, 6.07) is 12.0. The quantitative estimate of drug-likeness (QED) is 0.756. The van der Waals surface area contributed by atoms with Gasteiger partial charge in [-0.3, -0.25) is 4.79 Å². The minimum Gasteiger partial charge on any atom is -0.497 e. The molecule has 2 aliphatic heterocycles. The van der Waals surface area contributed by atoms with E-state index in [-0.39, 0.29) is 5.91 Å². The van der Waals surface area contributed by atoms with Crippen LogP contribution in [0.2, 0.25) is 0 Å². The van der Waals surface area contributed by atoms with Crippen LogP contribution in [0.1, 0.15) is 43.0 Å². The number of rotatable bonds is 5. The molecule has 30 heavy (non-hydrogen) atoms. The Morgan fingerprint density at radius 2 is 1.67 bits per heavy atom. The summed E-state index contributed by atoms with van der Waals surface area (Å²) in [5, 5.41) is 9.05. The van der Waals surface area contributed by atoms with Crippen LogP contribution in [-0.4, -0.2) is 66.9 Å². The summed E-state index contributed by atoms with van der Waals surface area (Å²) in [7, 11) is 1.63. The van der Waals surface area contributed by atoms with Gasteiger partial charge in [0.1, 0.15) is 5.75 Å². The first kappa shape index (κ1) is 20.4. The zero-order valence-electron chi connectivity index (χ0n) is 18.0. The van der Waals surface area contributed by atoms with Gasteiger partial charge in [0.2, 0.25) is 0 Å². The van der Waals surface area contributed by atoms with Gasteiger partial charge >= 0.3 is 0 Å². The van der Waals surface area contributed by atoms with Crippen LogP contribution < -0.4 is 14.5 Å². The summed E-state index contributed by atoms with van der Waals surface area (Å²) < 4.78 is 5.17. The van der Waals surface area contributed by atoms with E-state index in [0.717, 1.165) is 43.4 Å². The van der Waals surface area contributed by atoms with E-state index in [1.54, 1.807) is 7.11 Å². The minimum absolute atomic E-state index is 0.0643. The van der Waals surface area contributed by atoms with Crippen molar-refractivity contribution in [3.05, 3.63) is 42.0 Å². The number of methoxy groups -OCH3 is 1. The maximum absolute atomic E-state index is 12.8. The van der Waals surface area contributed by atoms with E-state index in [1.165, 1.54) is 19.3 Å². The van der Waals surface area contributed by atoms with Gasteiger partial charge in [-0.15, -0.1) is 10.2 Å². The Bertz CT molecular complexity index is 832. The van der Waals surface area contributed by atoms with E-state index in [4.69, 9.17) is 4.74 Å². The maximum atomic E-state index is 12.8. The number of piperazine rings is 1. The molecule has 4 rings (SSSR count). The molecule has 2 aromatic rings. The number of carbonyl (C=O) groups is 1. The summed E-state index contributed by atoms with van der Waals surface area (Å²) in [6.45, 7) is 6.20. The van der Waals surface area contributed by atoms with Crippen molar-refractivity contribution < 1.29 is 9.53 Å². The van der Waals surface area contributed by atoms with Gasteiger partial charge in [0.05, 0.1) is 7.11 Å². The normalized spacial score (nSPS) is 19.7. The molecule has 0 aliphatic carbocycles. The van der Waals surface area contributed by atoms with Gasteiger partial charge in [0.15, 0.2) is 11.6 Å². The molecule has 1 aromatic carbocycles. The molecular formula is C23H31N5O2. The number of amides is 1. The van der Waals surface area contributed by atoms with Crippen LogP contribution in [-0.2, 0) is 0 Å². The van der Waals surface area contributed by atoms with Crippen LogP contribution in [0.5, 0.6) is 5.75 Å². The second-order valence-electron chi connectivity index (χ2n) is 8.01. The predicted octanol–water partition coefficient (Wildman–Crippen LogP) is 3.22. The lowest BCUT2D eigenvalue weighted by molar-refractivity contribution is 0.0746. The Balaban J connectivity index is 1.35. The van der Waals surface area contributed by atoms with E-state index in [1.807, 2.05) is 29.2 Å². The molecule has 0 bridgehead atoms. The van der Waals surface area contributed by atoms with Gasteiger partial charge < -0.3 is 19.4 Å². The predicted molar refractivity (Wildman–Crippen MR) is 118 cm³/mol. The van der Waals surface area contributed by atoms with Gasteiger partial charge in [-0.25, -0.2) is 0 Å². The fourth-order valence-corrected chi connectivity index (χ4v) is 4.42. The molecule has 0 radical (unpaired) electrons. The van der Waals surface area contributed by atoms with Crippen molar-refractivity contribution in [3.63, 3.8) is 0 Å². The molecule has 7 nitrogen and oxygen atoms in total. The minimum atomic E-state index is 0.0643. The first-order valence-electron chi connectivity index (χ1n) is 11.0. The molecular weight excluding hydrogens is 378 g/mol. The van der Waals surface area contributed by atoms with Crippen LogP contribution in [0.25, 0.3) is 0 Å². The molecule has 2 saturated heterocycles. The van der Waals surface area contributed by atoms with E-state index in [9.17, 15) is 4.79 Å². The van der Waals surface area contributed by atoms with Gasteiger partial charge in [-0.05, 0) is 62.1 Å². The van der Waals surface area contributed by atoms with Crippen molar-refractivity contribution in [1.82, 2.24) is 15.1 Å². The smallest absolute Gasteiger partial charge is 0.253 e. The van der Waals surface area contributed by atoms with Crippen LogP contribution in [0.3, 0.4) is 0 Å². The van der Waals surface area contributed by atoms with Gasteiger partial charge in [-0.1, -0.05) is 6.92 Å². The van der Waals surface area contributed by atoms with Crippen LogP contribution in [0, 0.1) is 0 Å². The number of ether oxygens (including phenoxy) is 1. The summed E-state index contributed by atoms with van der Waals surface area (Å²) in [4.78, 5) is 19.3. The molecule has 1 amide bonds. The lowest BCUT2D eigenvalue weighted by Gasteiger charge is -2.37. The van der Waals surface area contributed by atoms with Crippen molar-refractivity contribution in [2.45, 2.75) is 38.6 Å². The molecule has 1 atom stereocenters. The summed E-state index contributed by atoms with van der Waals surface area (Å²) in [5.41, 5.74) is 0.695. The highest BCUT2D eigenvalue weighted by atomic mass is 16.5. The third-order valence-corrected chi connectivity index (χ3v) is 6.26. The largest absolute Gasteiger partial charge is 0.497 e. The number of benzene rings is 1. The molecule has 160 valence electrons. The fraction of sp³-hybridized carbons (Fsp3) is 0.522. The first-order chi connectivity index (χ1) is 14.7. The number of hydrogen-bond acceptors (Lipinski definition) is 6. The standard InChI is InChI=1S/C23H31N5O2/c1-3-19-6-4-5-13-28(19)22-12-11-21(24-25-22)26-14-16-27(17-15-26)23(29)18-7-9-20(30-2)10-8-18/h7-12,19H,3-6,13-17H2,1-2H3. The van der Waals surface area contributed by atoms with Crippen LogP contribution in [0.15, 0.2) is 36.4 Å². The first-order valence-corrected chi connectivity index (χ1v) is 11.0. The highest BCUT2D eigenvalue weighted by molar-refractivity contribution is 5.94. The van der Waals surface area contributed by atoms with Crippen molar-refractivity contribution >= 4 is 17.5 Å².